The van der Waals surface area contributed by atoms with Crippen molar-refractivity contribution in [3.63, 3.8) is 0 Å². The standard InChI is InChI=1S/C14H26N4O6S2/c1-7(19)11(14(24)16-5-10(20)21)18-13(23)9(3-4-26-2)17-12(22)8(15)6-25/h7-9,11,19,25H,3-6,15H2,1-2H3,(H,16,24)(H,17,22)(H,18,23)(H,20,21). The Hall–Kier alpha value is -1.50. The van der Waals surface area contributed by atoms with Crippen LogP contribution in [0.2, 0.25) is 0 Å². The van der Waals surface area contributed by atoms with Gasteiger partial charge in [-0.25, -0.2) is 0 Å². The monoisotopic (exact) mass is 410 g/mol. The van der Waals surface area contributed by atoms with E-state index in [-0.39, 0.29) is 12.2 Å². The van der Waals surface area contributed by atoms with Crippen molar-refractivity contribution in [2.45, 2.75) is 37.6 Å². The predicted octanol–water partition coefficient (Wildman–Crippen LogP) is -2.45. The van der Waals surface area contributed by atoms with Gasteiger partial charge in [0.15, 0.2) is 0 Å². The lowest BCUT2D eigenvalue weighted by Gasteiger charge is -2.25. The lowest BCUT2D eigenvalue weighted by atomic mass is 10.1. The zero-order chi connectivity index (χ0) is 20.3. The van der Waals surface area contributed by atoms with Gasteiger partial charge in [0.1, 0.15) is 18.6 Å². The summed E-state index contributed by atoms with van der Waals surface area (Å²) >= 11 is 5.38. The Morgan fingerprint density at radius 2 is 1.77 bits per heavy atom. The van der Waals surface area contributed by atoms with Gasteiger partial charge in [-0.3, -0.25) is 19.2 Å². The average Bonchev–Trinajstić information content (AvgIpc) is 2.59. The fourth-order valence-electron chi connectivity index (χ4n) is 1.80. The second-order valence-corrected chi connectivity index (χ2v) is 6.82. The van der Waals surface area contributed by atoms with Crippen LogP contribution in [0.5, 0.6) is 0 Å². The van der Waals surface area contributed by atoms with Crippen molar-refractivity contribution >= 4 is 48.1 Å². The Morgan fingerprint density at radius 1 is 1.15 bits per heavy atom. The number of nitrogens with one attached hydrogen (secondary N) is 3. The highest BCUT2D eigenvalue weighted by Gasteiger charge is 2.30. The maximum Gasteiger partial charge on any atom is 0.322 e. The highest BCUT2D eigenvalue weighted by atomic mass is 32.2. The van der Waals surface area contributed by atoms with E-state index in [1.165, 1.54) is 18.7 Å². The highest BCUT2D eigenvalue weighted by Crippen LogP contribution is 2.04. The largest absolute Gasteiger partial charge is 0.480 e. The molecule has 0 bridgehead atoms. The number of carbonyl (C=O) groups excluding carboxylic acids is 3. The lowest BCUT2D eigenvalue weighted by Crippen LogP contribution is -2.58. The van der Waals surface area contributed by atoms with E-state index in [4.69, 9.17) is 10.8 Å². The Kier molecular flexibility index (Phi) is 12.1. The smallest absolute Gasteiger partial charge is 0.322 e. The molecule has 150 valence electrons. The van der Waals surface area contributed by atoms with E-state index in [0.29, 0.717) is 5.75 Å². The first-order valence-electron chi connectivity index (χ1n) is 7.77. The molecule has 0 radical (unpaired) electrons. The van der Waals surface area contributed by atoms with Crippen LogP contribution >= 0.6 is 24.4 Å². The highest BCUT2D eigenvalue weighted by molar-refractivity contribution is 7.98. The van der Waals surface area contributed by atoms with Crippen molar-refractivity contribution in [3.8, 4) is 0 Å². The number of thiol groups is 1. The van der Waals surface area contributed by atoms with E-state index in [2.05, 4.69) is 28.6 Å². The van der Waals surface area contributed by atoms with Crippen molar-refractivity contribution in [2.24, 2.45) is 5.73 Å². The molecular formula is C14H26N4O6S2. The molecule has 0 heterocycles. The van der Waals surface area contributed by atoms with Crippen LogP contribution in [0.3, 0.4) is 0 Å². The molecule has 10 nitrogen and oxygen atoms in total. The quantitative estimate of drug-likeness (QED) is 0.174. The van der Waals surface area contributed by atoms with Gasteiger partial charge < -0.3 is 31.9 Å². The van der Waals surface area contributed by atoms with Gasteiger partial charge in [0, 0.05) is 5.75 Å². The van der Waals surface area contributed by atoms with Crippen LogP contribution in [0.1, 0.15) is 13.3 Å². The molecule has 3 amide bonds. The number of carboxylic acid groups (broad SMARTS) is 1. The maximum absolute atomic E-state index is 12.5. The number of amides is 3. The molecule has 0 aromatic carbocycles. The first-order chi connectivity index (χ1) is 12.1. The molecule has 0 aromatic rings. The molecule has 0 spiro atoms. The van der Waals surface area contributed by atoms with Gasteiger partial charge >= 0.3 is 5.97 Å². The molecule has 7 N–H and O–H groups in total. The number of aliphatic carboxylic acids is 1. The Balaban J connectivity index is 5.06. The topological polar surface area (TPSA) is 171 Å². The SMILES string of the molecule is CSCCC(NC(=O)C(N)CS)C(=O)NC(C(=O)NCC(=O)O)C(C)O. The third-order valence-corrected chi connectivity index (χ3v) is 4.29. The van der Waals surface area contributed by atoms with Crippen LogP contribution in [-0.2, 0) is 19.2 Å². The van der Waals surface area contributed by atoms with Gasteiger partial charge in [0.05, 0.1) is 12.1 Å². The van der Waals surface area contributed by atoms with E-state index in [1.807, 2.05) is 6.26 Å². The number of hydrogen-bond acceptors (Lipinski definition) is 8. The fraction of sp³-hybridized carbons (Fsp3) is 0.714. The first-order valence-corrected chi connectivity index (χ1v) is 9.80. The summed E-state index contributed by atoms with van der Waals surface area (Å²) in [5, 5.41) is 25.2. The van der Waals surface area contributed by atoms with Gasteiger partial charge in [0.2, 0.25) is 17.7 Å². The number of aliphatic hydroxyl groups is 1. The Bertz CT molecular complexity index is 506. The summed E-state index contributed by atoms with van der Waals surface area (Å²) in [6.07, 6.45) is 0.833. The molecule has 0 saturated carbocycles. The first kappa shape index (κ1) is 24.5. The second-order valence-electron chi connectivity index (χ2n) is 5.47. The molecule has 0 aromatic heterocycles. The molecule has 4 atom stereocenters. The minimum absolute atomic E-state index is 0.0938. The molecule has 0 saturated heterocycles. The van der Waals surface area contributed by atoms with E-state index in [9.17, 15) is 24.3 Å². The van der Waals surface area contributed by atoms with Gasteiger partial charge in [-0.1, -0.05) is 0 Å². The van der Waals surface area contributed by atoms with Crippen molar-refractivity contribution in [1.29, 1.82) is 0 Å². The molecule has 0 aliphatic carbocycles. The summed E-state index contributed by atoms with van der Waals surface area (Å²) in [5.74, 6) is -2.71. The van der Waals surface area contributed by atoms with Crippen molar-refractivity contribution in [1.82, 2.24) is 16.0 Å². The average molecular weight is 411 g/mol. The van der Waals surface area contributed by atoms with E-state index < -0.39 is 54.5 Å². The minimum Gasteiger partial charge on any atom is -0.480 e. The second kappa shape index (κ2) is 12.8. The molecule has 26 heavy (non-hydrogen) atoms. The van der Waals surface area contributed by atoms with Crippen LogP contribution in [0.4, 0.5) is 0 Å². The molecule has 0 fully saturated rings. The van der Waals surface area contributed by atoms with E-state index in [1.54, 1.807) is 0 Å². The predicted molar refractivity (Wildman–Crippen MR) is 101 cm³/mol. The van der Waals surface area contributed by atoms with E-state index >= 15 is 0 Å². The molecule has 4 unspecified atom stereocenters. The van der Waals surface area contributed by atoms with Crippen molar-refractivity contribution < 1.29 is 29.4 Å². The maximum atomic E-state index is 12.5. The van der Waals surface area contributed by atoms with Gasteiger partial charge in [0.25, 0.3) is 0 Å². The normalized spacial score (nSPS) is 15.3. The van der Waals surface area contributed by atoms with Crippen LogP contribution in [0, 0.1) is 0 Å². The third-order valence-electron chi connectivity index (χ3n) is 3.25. The summed E-state index contributed by atoms with van der Waals surface area (Å²) in [4.78, 5) is 46.9. The van der Waals surface area contributed by atoms with Crippen LogP contribution in [0.25, 0.3) is 0 Å². The Labute approximate surface area is 161 Å². The summed E-state index contributed by atoms with van der Waals surface area (Å²) in [6, 6.07) is -3.22. The number of nitrogens with two attached hydrogens (primary N) is 1. The van der Waals surface area contributed by atoms with Crippen molar-refractivity contribution in [3.05, 3.63) is 0 Å². The number of thioether (sulfide) groups is 1. The van der Waals surface area contributed by atoms with Crippen LogP contribution < -0.4 is 21.7 Å². The molecule has 12 heteroatoms. The molecule has 0 aliphatic rings. The summed E-state index contributed by atoms with van der Waals surface area (Å²) in [7, 11) is 0. The summed E-state index contributed by atoms with van der Waals surface area (Å²) in [5.41, 5.74) is 5.57. The van der Waals surface area contributed by atoms with E-state index in [0.717, 1.165) is 0 Å². The number of carboxylic acids is 1. The number of hydrogen-bond donors (Lipinski definition) is 7. The van der Waals surface area contributed by atoms with Gasteiger partial charge in [-0.15, -0.1) is 0 Å². The van der Waals surface area contributed by atoms with Crippen molar-refractivity contribution in [2.75, 3.05) is 24.3 Å². The van der Waals surface area contributed by atoms with Crippen LogP contribution in [0.15, 0.2) is 0 Å². The molecule has 0 rings (SSSR count). The zero-order valence-electron chi connectivity index (χ0n) is 14.6. The van der Waals surface area contributed by atoms with Crippen LogP contribution in [-0.4, -0.2) is 82.4 Å². The minimum atomic E-state index is -1.37. The third kappa shape index (κ3) is 9.27. The lowest BCUT2D eigenvalue weighted by molar-refractivity contribution is -0.139. The van der Waals surface area contributed by atoms with Gasteiger partial charge in [-0.2, -0.15) is 24.4 Å². The molecular weight excluding hydrogens is 384 g/mol. The Morgan fingerprint density at radius 3 is 2.23 bits per heavy atom. The summed E-state index contributed by atoms with van der Waals surface area (Å²) < 4.78 is 0. The summed E-state index contributed by atoms with van der Waals surface area (Å²) in [6.45, 7) is 0.624. The van der Waals surface area contributed by atoms with Gasteiger partial charge in [-0.05, 0) is 25.4 Å². The fourth-order valence-corrected chi connectivity index (χ4v) is 2.44. The number of aliphatic hydroxyl groups excluding tert-OH is 1. The zero-order valence-corrected chi connectivity index (χ0v) is 16.3. The number of rotatable bonds is 12. The number of carbonyl (C=O) groups is 4. The molecule has 0 aliphatic heterocycles.